The predicted molar refractivity (Wildman–Crippen MR) is 151 cm³/mol. The summed E-state index contributed by atoms with van der Waals surface area (Å²) < 4.78 is 6.07. The van der Waals surface area contributed by atoms with Crippen molar-refractivity contribution in [2.24, 2.45) is 5.92 Å². The number of rotatable bonds is 7. The van der Waals surface area contributed by atoms with E-state index in [-0.39, 0.29) is 23.1 Å². The van der Waals surface area contributed by atoms with Crippen LogP contribution in [0.25, 0.3) is 10.9 Å². The molecule has 2 amide bonds. The Labute approximate surface area is 227 Å². The minimum Gasteiger partial charge on any atom is -0.489 e. The van der Waals surface area contributed by atoms with Crippen molar-refractivity contribution in [2.45, 2.75) is 57.7 Å². The lowest BCUT2D eigenvalue weighted by Crippen LogP contribution is -2.61. The highest BCUT2D eigenvalue weighted by Crippen LogP contribution is 2.40. The Morgan fingerprint density at radius 2 is 2.00 bits per heavy atom. The number of carbonyl (C=O) groups is 2. The maximum Gasteiger partial charge on any atom is 0.295 e. The van der Waals surface area contributed by atoms with E-state index in [1.165, 1.54) is 11.8 Å². The van der Waals surface area contributed by atoms with Gasteiger partial charge in [0.15, 0.2) is 0 Å². The average molecular weight is 534 g/mol. The molecule has 3 unspecified atom stereocenters. The highest BCUT2D eigenvalue weighted by Gasteiger charge is 2.48. The molecular weight excluding hydrogens is 498 g/mol. The molecule has 0 spiro atoms. The minimum atomic E-state index is -0.481. The minimum absolute atomic E-state index is 0.0885. The van der Waals surface area contributed by atoms with Crippen molar-refractivity contribution in [1.29, 1.82) is 0 Å². The average Bonchev–Trinajstić information content (AvgIpc) is 3.26. The van der Waals surface area contributed by atoms with Crippen LogP contribution in [0.4, 0.5) is 4.79 Å². The zero-order chi connectivity index (χ0) is 26.9. The molecule has 3 atom stereocenters. The van der Waals surface area contributed by atoms with Crippen molar-refractivity contribution in [3.8, 4) is 5.75 Å². The Balaban J connectivity index is 1.26. The number of benzene rings is 2. The molecule has 3 aromatic rings. The fourth-order valence-electron chi connectivity index (χ4n) is 5.47. The van der Waals surface area contributed by atoms with Gasteiger partial charge in [0.05, 0.1) is 10.4 Å². The Bertz CT molecular complexity index is 1330. The predicted octanol–water partition coefficient (Wildman–Crippen LogP) is 4.63. The number of pyridine rings is 1. The van der Waals surface area contributed by atoms with Crippen molar-refractivity contribution in [3.05, 3.63) is 71.4 Å². The summed E-state index contributed by atoms with van der Waals surface area (Å²) in [5.74, 6) is 0.663. The molecule has 0 radical (unpaired) electrons. The third-order valence-corrected chi connectivity index (χ3v) is 8.67. The fourth-order valence-corrected chi connectivity index (χ4v) is 6.49. The number of likely N-dealkylation sites (tertiary alicyclic amines) is 1. The molecule has 1 aromatic heterocycles. The first kappa shape index (κ1) is 26.5. The molecule has 9 heteroatoms. The van der Waals surface area contributed by atoms with Crippen molar-refractivity contribution in [2.75, 3.05) is 13.1 Å². The highest BCUT2D eigenvalue weighted by molar-refractivity contribution is 8.15. The molecule has 2 aromatic carbocycles. The number of nitrogens with one attached hydrogen (secondary N) is 3. The van der Waals surface area contributed by atoms with Gasteiger partial charge in [0.1, 0.15) is 12.4 Å². The van der Waals surface area contributed by atoms with Gasteiger partial charge in [-0.05, 0) is 88.8 Å². The van der Waals surface area contributed by atoms with E-state index in [9.17, 15) is 9.59 Å². The first-order valence-corrected chi connectivity index (χ1v) is 13.9. The van der Waals surface area contributed by atoms with Crippen LogP contribution >= 0.6 is 11.8 Å². The summed E-state index contributed by atoms with van der Waals surface area (Å²) in [5, 5.41) is 4.26. The monoisotopic (exact) mass is 533 g/mol. The Hall–Kier alpha value is -3.14. The lowest BCUT2D eigenvalue weighted by molar-refractivity contribution is 0.0710. The number of aromatic nitrogens is 1. The van der Waals surface area contributed by atoms with Gasteiger partial charge in [-0.3, -0.25) is 24.9 Å². The highest BCUT2D eigenvalue weighted by atomic mass is 32.2. The van der Waals surface area contributed by atoms with Gasteiger partial charge in [0, 0.05) is 46.8 Å². The van der Waals surface area contributed by atoms with Gasteiger partial charge < -0.3 is 10.1 Å². The third-order valence-electron chi connectivity index (χ3n) is 7.56. The lowest BCUT2D eigenvalue weighted by atomic mass is 9.84. The number of amides is 2. The number of hydrazine groups is 1. The SMILES string of the molecule is Cc1cc(COc2ccc(C(=O)NC3CN(C(C)C)CCC3C3(C)NNC(=O)S3)cc2)c2ccccc2n1. The summed E-state index contributed by atoms with van der Waals surface area (Å²) in [6.45, 7) is 10.4. The first-order valence-electron chi connectivity index (χ1n) is 13.1. The second-order valence-corrected chi connectivity index (χ2v) is 12.0. The third kappa shape index (κ3) is 5.65. The zero-order valence-corrected chi connectivity index (χ0v) is 23.1. The lowest BCUT2D eigenvalue weighted by Gasteiger charge is -2.46. The number of ether oxygens (including phenoxy) is 1. The summed E-state index contributed by atoms with van der Waals surface area (Å²) in [6.07, 6.45) is 0.879. The number of aryl methyl sites for hydroxylation is 1. The van der Waals surface area contributed by atoms with Crippen LogP contribution in [-0.2, 0) is 6.61 Å². The van der Waals surface area contributed by atoms with Gasteiger partial charge in [0.25, 0.3) is 11.1 Å². The van der Waals surface area contributed by atoms with Crippen LogP contribution in [0.15, 0.2) is 54.6 Å². The molecule has 8 nitrogen and oxygen atoms in total. The van der Waals surface area contributed by atoms with Gasteiger partial charge in [0.2, 0.25) is 0 Å². The van der Waals surface area contributed by atoms with E-state index in [1.54, 1.807) is 12.1 Å². The molecule has 0 bridgehead atoms. The molecular formula is C29H35N5O3S. The number of hydrogen-bond donors (Lipinski definition) is 3. The zero-order valence-electron chi connectivity index (χ0n) is 22.3. The van der Waals surface area contributed by atoms with E-state index in [0.29, 0.717) is 24.0 Å². The maximum absolute atomic E-state index is 13.3. The van der Waals surface area contributed by atoms with Gasteiger partial charge in [-0.2, -0.15) is 0 Å². The summed E-state index contributed by atoms with van der Waals surface area (Å²) in [7, 11) is 0. The molecule has 2 aliphatic rings. The molecule has 200 valence electrons. The summed E-state index contributed by atoms with van der Waals surface area (Å²) >= 11 is 1.27. The molecule has 0 saturated carbocycles. The number of hydrogen-bond acceptors (Lipinski definition) is 7. The topological polar surface area (TPSA) is 95.6 Å². The molecule has 38 heavy (non-hydrogen) atoms. The Morgan fingerprint density at radius 3 is 2.71 bits per heavy atom. The molecule has 2 fully saturated rings. The van der Waals surface area contributed by atoms with Crippen LogP contribution in [-0.4, -0.2) is 51.1 Å². The van der Waals surface area contributed by atoms with Gasteiger partial charge in [-0.1, -0.05) is 18.2 Å². The van der Waals surface area contributed by atoms with Gasteiger partial charge >= 0.3 is 0 Å². The van der Waals surface area contributed by atoms with Crippen LogP contribution in [0.5, 0.6) is 5.75 Å². The van der Waals surface area contributed by atoms with Crippen LogP contribution in [0.1, 0.15) is 48.8 Å². The first-order chi connectivity index (χ1) is 18.2. The van der Waals surface area contributed by atoms with Crippen LogP contribution in [0.2, 0.25) is 0 Å². The molecule has 0 aliphatic carbocycles. The number of fused-ring (bicyclic) bond motifs is 1. The molecule has 2 aliphatic heterocycles. The molecule has 5 rings (SSSR count). The van der Waals surface area contributed by atoms with Crippen molar-refractivity contribution in [1.82, 2.24) is 26.1 Å². The molecule has 3 heterocycles. The van der Waals surface area contributed by atoms with Crippen LogP contribution in [0.3, 0.4) is 0 Å². The van der Waals surface area contributed by atoms with E-state index in [4.69, 9.17) is 4.74 Å². The number of nitrogens with zero attached hydrogens (tertiary/aromatic N) is 2. The standard InChI is InChI=1S/C29H35N5O3S/c1-18(2)34-14-13-24(29(4)33-32-28(36)38-29)26(16-34)31-27(35)20-9-11-22(12-10-20)37-17-21-15-19(3)30-25-8-6-5-7-23(21)25/h5-12,15,18,24,26,33H,13-14,16-17H2,1-4H3,(H,31,35)(H,32,36). The normalized spacial score (nSPS) is 24.0. The van der Waals surface area contributed by atoms with E-state index in [1.807, 2.05) is 50.2 Å². The molecule has 2 saturated heterocycles. The molecule has 3 N–H and O–H groups in total. The van der Waals surface area contributed by atoms with E-state index < -0.39 is 4.87 Å². The summed E-state index contributed by atoms with van der Waals surface area (Å²) in [6, 6.07) is 17.6. The number of carbonyl (C=O) groups excluding carboxylic acids is 2. The summed E-state index contributed by atoms with van der Waals surface area (Å²) in [4.78, 5) is 31.8. The fraction of sp³-hybridized carbons (Fsp3) is 0.414. The second-order valence-electron chi connectivity index (χ2n) is 10.6. The smallest absolute Gasteiger partial charge is 0.295 e. The Kier molecular flexibility index (Phi) is 7.61. The van der Waals surface area contributed by atoms with Crippen molar-refractivity contribution < 1.29 is 14.3 Å². The van der Waals surface area contributed by atoms with Crippen LogP contribution in [0, 0.1) is 12.8 Å². The van der Waals surface area contributed by atoms with E-state index in [0.717, 1.165) is 41.7 Å². The number of thioether (sulfide) groups is 1. The van der Waals surface area contributed by atoms with E-state index in [2.05, 4.69) is 46.0 Å². The Morgan fingerprint density at radius 1 is 1.24 bits per heavy atom. The summed E-state index contributed by atoms with van der Waals surface area (Å²) in [5.41, 5.74) is 9.44. The maximum atomic E-state index is 13.3. The van der Waals surface area contributed by atoms with E-state index >= 15 is 0 Å². The van der Waals surface area contributed by atoms with Crippen LogP contribution < -0.4 is 20.9 Å². The quantitative estimate of drug-likeness (QED) is 0.408. The van der Waals surface area contributed by atoms with Crippen molar-refractivity contribution >= 4 is 33.8 Å². The number of piperidine rings is 1. The second kappa shape index (κ2) is 10.9. The number of para-hydroxylation sites is 1. The van der Waals surface area contributed by atoms with Crippen molar-refractivity contribution in [3.63, 3.8) is 0 Å². The van der Waals surface area contributed by atoms with Gasteiger partial charge in [-0.15, -0.1) is 0 Å². The van der Waals surface area contributed by atoms with Gasteiger partial charge in [-0.25, -0.2) is 5.43 Å². The largest absolute Gasteiger partial charge is 0.489 e.